The summed E-state index contributed by atoms with van der Waals surface area (Å²) in [5.74, 6) is -0.312. The van der Waals surface area contributed by atoms with Gasteiger partial charge in [-0.25, -0.2) is 9.67 Å². The van der Waals surface area contributed by atoms with Crippen LogP contribution >= 0.6 is 11.8 Å². The number of rotatable bonds is 3. The van der Waals surface area contributed by atoms with Gasteiger partial charge in [0.15, 0.2) is 0 Å². The number of thioether (sulfide) groups is 1. The van der Waals surface area contributed by atoms with Crippen molar-refractivity contribution in [1.82, 2.24) is 9.36 Å². The number of aliphatic imine (C=N–C) groups is 1. The van der Waals surface area contributed by atoms with Gasteiger partial charge in [-0.1, -0.05) is 60.3 Å². The number of hydrogen-bond acceptors (Lipinski definition) is 3. The van der Waals surface area contributed by atoms with Crippen LogP contribution in [0.15, 0.2) is 75.4 Å². The zero-order chi connectivity index (χ0) is 19.0. The van der Waals surface area contributed by atoms with Gasteiger partial charge in [-0.15, -0.1) is 0 Å². The highest BCUT2D eigenvalue weighted by molar-refractivity contribution is 8.19. The average Bonchev–Trinajstić information content (AvgIpc) is 3.16. The van der Waals surface area contributed by atoms with Gasteiger partial charge in [0.05, 0.1) is 16.2 Å². The average molecular weight is 375 g/mol. The number of amides is 1. The normalized spacial score (nSPS) is 15.4. The second-order valence-corrected chi connectivity index (χ2v) is 7.20. The molecule has 0 bridgehead atoms. The van der Waals surface area contributed by atoms with Crippen LogP contribution < -0.4 is 5.56 Å². The summed E-state index contributed by atoms with van der Waals surface area (Å²) in [6.07, 6.45) is 1.66. The first-order valence-corrected chi connectivity index (χ1v) is 9.30. The number of carbonyl (C=O) groups excluding carboxylic acids is 1. The Kier molecular flexibility index (Phi) is 4.41. The summed E-state index contributed by atoms with van der Waals surface area (Å²) in [4.78, 5) is 29.9. The fraction of sp³-hybridized carbons (Fsp3) is 0.0952. The Morgan fingerprint density at radius 2 is 1.59 bits per heavy atom. The molecule has 1 aromatic heterocycles. The van der Waals surface area contributed by atoms with Crippen molar-refractivity contribution in [3.8, 4) is 5.69 Å². The Hall–Kier alpha value is -3.12. The number of carbonyl (C=O) groups is 1. The molecule has 0 saturated carbocycles. The maximum absolute atomic E-state index is 13.0. The molecule has 0 spiro atoms. The van der Waals surface area contributed by atoms with E-state index in [0.29, 0.717) is 15.5 Å². The molecule has 0 unspecified atom stereocenters. The van der Waals surface area contributed by atoms with Gasteiger partial charge >= 0.3 is 0 Å². The van der Waals surface area contributed by atoms with Gasteiger partial charge in [0.2, 0.25) is 0 Å². The van der Waals surface area contributed by atoms with E-state index in [-0.39, 0.29) is 11.5 Å². The van der Waals surface area contributed by atoms with Crippen LogP contribution in [0.5, 0.6) is 0 Å². The predicted octanol–water partition coefficient (Wildman–Crippen LogP) is 3.55. The first-order chi connectivity index (χ1) is 13.1. The van der Waals surface area contributed by atoms with Crippen molar-refractivity contribution in [1.29, 1.82) is 0 Å². The van der Waals surface area contributed by atoms with Gasteiger partial charge in [0.25, 0.3) is 11.5 Å². The van der Waals surface area contributed by atoms with E-state index in [0.717, 1.165) is 16.9 Å². The number of benzene rings is 2. The molecule has 0 atom stereocenters. The molecule has 0 N–H and O–H groups in total. The Labute approximate surface area is 160 Å². The maximum atomic E-state index is 13.0. The van der Waals surface area contributed by atoms with Crippen LogP contribution in [-0.4, -0.2) is 20.3 Å². The molecule has 3 aromatic rings. The smallest absolute Gasteiger partial charge is 0.284 e. The summed E-state index contributed by atoms with van der Waals surface area (Å²) in [6, 6.07) is 19.0. The van der Waals surface area contributed by atoms with Gasteiger partial charge in [-0.3, -0.25) is 14.3 Å². The SMILES string of the molecule is Cc1c(C=C2SC(c3ccccc3)=NC2=O)c(=O)n(-c2ccccc2)n1C. The zero-order valence-electron chi connectivity index (χ0n) is 14.9. The van der Waals surface area contributed by atoms with Crippen LogP contribution in [0.2, 0.25) is 0 Å². The molecule has 0 fully saturated rings. The first kappa shape index (κ1) is 17.3. The minimum Gasteiger partial charge on any atom is -0.285 e. The van der Waals surface area contributed by atoms with E-state index < -0.39 is 0 Å². The Morgan fingerprint density at radius 1 is 0.963 bits per heavy atom. The van der Waals surface area contributed by atoms with Crippen molar-refractivity contribution in [3.05, 3.63) is 92.7 Å². The van der Waals surface area contributed by atoms with E-state index in [9.17, 15) is 9.59 Å². The molecule has 1 amide bonds. The summed E-state index contributed by atoms with van der Waals surface area (Å²) in [5.41, 5.74) is 2.81. The molecule has 0 aliphatic carbocycles. The van der Waals surface area contributed by atoms with E-state index in [2.05, 4.69) is 4.99 Å². The molecule has 134 valence electrons. The van der Waals surface area contributed by atoms with Crippen molar-refractivity contribution in [2.75, 3.05) is 0 Å². The lowest BCUT2D eigenvalue weighted by molar-refractivity contribution is -0.113. The topological polar surface area (TPSA) is 56.4 Å². The molecule has 2 aromatic carbocycles. The van der Waals surface area contributed by atoms with Crippen molar-refractivity contribution >= 4 is 28.8 Å². The highest BCUT2D eigenvalue weighted by atomic mass is 32.2. The van der Waals surface area contributed by atoms with Gasteiger partial charge in [-0.05, 0) is 25.1 Å². The van der Waals surface area contributed by atoms with E-state index in [1.807, 2.05) is 74.6 Å². The quantitative estimate of drug-likeness (QED) is 0.658. The molecule has 1 aliphatic rings. The summed E-state index contributed by atoms with van der Waals surface area (Å²) in [6.45, 7) is 1.87. The van der Waals surface area contributed by atoms with E-state index >= 15 is 0 Å². The van der Waals surface area contributed by atoms with Crippen LogP contribution in [-0.2, 0) is 11.8 Å². The minimum absolute atomic E-state index is 0.157. The van der Waals surface area contributed by atoms with Gasteiger partial charge in [0, 0.05) is 18.3 Å². The van der Waals surface area contributed by atoms with Gasteiger partial charge in [-0.2, -0.15) is 0 Å². The number of aromatic nitrogens is 2. The molecular weight excluding hydrogens is 358 g/mol. The molecule has 1 aliphatic heterocycles. The number of hydrogen-bond donors (Lipinski definition) is 0. The summed E-state index contributed by atoms with van der Waals surface area (Å²) >= 11 is 1.30. The molecule has 0 radical (unpaired) electrons. The van der Waals surface area contributed by atoms with Crippen LogP contribution in [0.25, 0.3) is 11.8 Å². The lowest BCUT2D eigenvalue weighted by Crippen LogP contribution is -2.20. The third-order valence-electron chi connectivity index (χ3n) is 4.52. The zero-order valence-corrected chi connectivity index (χ0v) is 15.7. The summed E-state index contributed by atoms with van der Waals surface area (Å²) in [7, 11) is 1.83. The molecule has 0 saturated heterocycles. The predicted molar refractivity (Wildman–Crippen MR) is 109 cm³/mol. The molecule has 6 heteroatoms. The number of nitrogens with zero attached hydrogens (tertiary/aromatic N) is 3. The van der Waals surface area contributed by atoms with Crippen molar-refractivity contribution in [2.24, 2.45) is 12.0 Å². The first-order valence-electron chi connectivity index (χ1n) is 8.48. The highest BCUT2D eigenvalue weighted by Crippen LogP contribution is 2.31. The largest absolute Gasteiger partial charge is 0.285 e. The summed E-state index contributed by atoms with van der Waals surface area (Å²) in [5, 5.41) is 0.656. The van der Waals surface area contributed by atoms with Crippen molar-refractivity contribution in [2.45, 2.75) is 6.92 Å². The standard InChI is InChI=1S/C21H17N3O2S/c1-14-17(21(26)24(23(14)2)16-11-7-4-8-12-16)13-18-19(25)22-20(27-18)15-9-5-3-6-10-15/h3-13H,1-2H3. The molecule has 2 heterocycles. The van der Waals surface area contributed by atoms with Crippen molar-refractivity contribution < 1.29 is 4.79 Å². The van der Waals surface area contributed by atoms with Gasteiger partial charge < -0.3 is 0 Å². The monoisotopic (exact) mass is 375 g/mol. The fourth-order valence-corrected chi connectivity index (χ4v) is 3.90. The van der Waals surface area contributed by atoms with E-state index in [1.54, 1.807) is 15.4 Å². The van der Waals surface area contributed by atoms with Crippen molar-refractivity contribution in [3.63, 3.8) is 0 Å². The Bertz CT molecular complexity index is 1140. The molecule has 27 heavy (non-hydrogen) atoms. The Morgan fingerprint density at radius 3 is 2.26 bits per heavy atom. The third-order valence-corrected chi connectivity index (χ3v) is 5.55. The van der Waals surface area contributed by atoms with Crippen LogP contribution in [0.3, 0.4) is 0 Å². The Balaban J connectivity index is 1.74. The lowest BCUT2D eigenvalue weighted by Gasteiger charge is -2.07. The highest BCUT2D eigenvalue weighted by Gasteiger charge is 2.24. The second kappa shape index (κ2) is 6.89. The second-order valence-electron chi connectivity index (χ2n) is 6.17. The van der Waals surface area contributed by atoms with Crippen LogP contribution in [0.1, 0.15) is 16.8 Å². The third kappa shape index (κ3) is 3.08. The maximum Gasteiger partial charge on any atom is 0.284 e. The van der Waals surface area contributed by atoms with E-state index in [1.165, 1.54) is 11.8 Å². The minimum atomic E-state index is -0.312. The lowest BCUT2D eigenvalue weighted by atomic mass is 10.2. The van der Waals surface area contributed by atoms with Gasteiger partial charge in [0.1, 0.15) is 5.04 Å². The van der Waals surface area contributed by atoms with E-state index in [4.69, 9.17) is 0 Å². The molecule has 5 nitrogen and oxygen atoms in total. The molecule has 4 rings (SSSR count). The number of para-hydroxylation sites is 1. The van der Waals surface area contributed by atoms with Crippen LogP contribution in [0.4, 0.5) is 0 Å². The summed E-state index contributed by atoms with van der Waals surface area (Å²) < 4.78 is 3.40. The fourth-order valence-electron chi connectivity index (χ4n) is 3.00. The van der Waals surface area contributed by atoms with Crippen LogP contribution in [0, 0.1) is 6.92 Å². The molecular formula is C21H17N3O2S.